The summed E-state index contributed by atoms with van der Waals surface area (Å²) in [6, 6.07) is 0. The zero-order valence-electron chi connectivity index (χ0n) is 10.2. The number of carboxylic acids is 1. The van der Waals surface area contributed by atoms with Crippen molar-refractivity contribution in [2.45, 2.75) is 32.1 Å². The first-order valence-corrected chi connectivity index (χ1v) is 7.04. The molecule has 0 spiro atoms. The number of hydrogen-bond acceptors (Lipinski definition) is 5. The van der Waals surface area contributed by atoms with Gasteiger partial charge in [-0.15, -0.1) is 5.10 Å². The van der Waals surface area contributed by atoms with Crippen molar-refractivity contribution in [2.24, 2.45) is 0 Å². The Bertz CT molecular complexity index is 568. The summed E-state index contributed by atoms with van der Waals surface area (Å²) in [5.74, 6) is -2.04. The molecule has 7 nitrogen and oxygen atoms in total. The molecule has 0 amide bonds. The van der Waals surface area contributed by atoms with Crippen LogP contribution in [0.15, 0.2) is 0 Å². The molecule has 1 aromatic rings. The van der Waals surface area contributed by atoms with Crippen molar-refractivity contribution < 1.29 is 27.1 Å². The Balaban J connectivity index is 3.00. The third-order valence-electron chi connectivity index (χ3n) is 2.49. The summed E-state index contributed by atoms with van der Waals surface area (Å²) in [7, 11) is -3.43. The van der Waals surface area contributed by atoms with Gasteiger partial charge in [0.15, 0.2) is 15.5 Å². The molecular formula is C9H13F2N3O4S. The summed E-state index contributed by atoms with van der Waals surface area (Å²) in [6.07, 6.45) is -3.09. The highest BCUT2D eigenvalue weighted by Crippen LogP contribution is 2.21. The molecule has 0 unspecified atom stereocenters. The fourth-order valence-electron chi connectivity index (χ4n) is 1.30. The van der Waals surface area contributed by atoms with Gasteiger partial charge >= 0.3 is 5.97 Å². The van der Waals surface area contributed by atoms with Crippen LogP contribution >= 0.6 is 0 Å². The van der Waals surface area contributed by atoms with E-state index < -0.39 is 44.6 Å². The number of hydrogen-bond donors (Lipinski definition) is 1. The normalized spacial score (nSPS) is 12.3. The minimum atomic E-state index is -3.43. The fourth-order valence-corrected chi connectivity index (χ4v) is 2.20. The third-order valence-corrected chi connectivity index (χ3v) is 4.68. The zero-order valence-corrected chi connectivity index (χ0v) is 11.1. The number of aromatic carboxylic acids is 1. The lowest BCUT2D eigenvalue weighted by atomic mass is 10.3. The van der Waals surface area contributed by atoms with Gasteiger partial charge in [-0.1, -0.05) is 5.21 Å². The Morgan fingerprint density at radius 1 is 1.42 bits per heavy atom. The molecule has 0 fully saturated rings. The van der Waals surface area contributed by atoms with Crippen LogP contribution in [0.1, 0.15) is 36.5 Å². The molecule has 1 heterocycles. The van der Waals surface area contributed by atoms with Crippen LogP contribution in [-0.2, 0) is 16.4 Å². The number of halogens is 2. The van der Waals surface area contributed by atoms with Gasteiger partial charge in [-0.3, -0.25) is 0 Å². The van der Waals surface area contributed by atoms with Crippen LogP contribution in [0.5, 0.6) is 0 Å². The van der Waals surface area contributed by atoms with Crippen molar-refractivity contribution in [2.75, 3.05) is 5.75 Å². The minimum absolute atomic E-state index is 0.361. The zero-order chi connectivity index (χ0) is 14.8. The first-order chi connectivity index (χ1) is 8.66. The van der Waals surface area contributed by atoms with Gasteiger partial charge in [0.05, 0.1) is 17.5 Å². The molecule has 0 radical (unpaired) electrons. The van der Waals surface area contributed by atoms with Crippen LogP contribution in [0, 0.1) is 0 Å². The summed E-state index contributed by atoms with van der Waals surface area (Å²) in [4.78, 5) is 10.7. The van der Waals surface area contributed by atoms with Crippen LogP contribution in [0.25, 0.3) is 0 Å². The molecule has 0 saturated heterocycles. The largest absolute Gasteiger partial charge is 0.476 e. The Hall–Kier alpha value is -1.58. The number of carbonyl (C=O) groups is 1. The van der Waals surface area contributed by atoms with Crippen LogP contribution in [0.4, 0.5) is 8.78 Å². The average Bonchev–Trinajstić information content (AvgIpc) is 2.70. The van der Waals surface area contributed by atoms with Crippen LogP contribution in [-0.4, -0.2) is 45.5 Å². The highest BCUT2D eigenvalue weighted by atomic mass is 32.2. The summed E-state index contributed by atoms with van der Waals surface area (Å²) < 4.78 is 49.2. The highest BCUT2D eigenvalue weighted by Gasteiger charge is 2.27. The lowest BCUT2D eigenvalue weighted by molar-refractivity contribution is 0.0675. The molecule has 0 aliphatic carbocycles. The van der Waals surface area contributed by atoms with Gasteiger partial charge in [0, 0.05) is 0 Å². The number of nitrogens with zero attached hydrogens (tertiary/aromatic N) is 3. The predicted octanol–water partition coefficient (Wildman–Crippen LogP) is 0.737. The summed E-state index contributed by atoms with van der Waals surface area (Å²) >= 11 is 0. The molecule has 0 aliphatic rings. The number of carboxylic acid groups (broad SMARTS) is 1. The molecular weight excluding hydrogens is 284 g/mol. The van der Waals surface area contributed by atoms with E-state index in [1.807, 2.05) is 0 Å². The Morgan fingerprint density at radius 2 is 2.00 bits per heavy atom. The third kappa shape index (κ3) is 3.46. The number of sulfone groups is 1. The summed E-state index contributed by atoms with van der Waals surface area (Å²) in [5.41, 5.74) is -1.75. The Kier molecular flexibility index (Phi) is 4.56. The molecule has 1 aromatic heterocycles. The van der Waals surface area contributed by atoms with E-state index in [-0.39, 0.29) is 6.54 Å². The molecule has 1 N–H and O–H groups in total. The second-order valence-electron chi connectivity index (χ2n) is 4.07. The van der Waals surface area contributed by atoms with Crippen molar-refractivity contribution >= 4 is 15.8 Å². The van der Waals surface area contributed by atoms with E-state index in [0.29, 0.717) is 4.68 Å². The molecule has 0 bridgehead atoms. The molecule has 0 atom stereocenters. The lowest BCUT2D eigenvalue weighted by Crippen LogP contribution is -2.22. The van der Waals surface area contributed by atoms with Crippen LogP contribution in [0.2, 0.25) is 0 Å². The van der Waals surface area contributed by atoms with Crippen LogP contribution < -0.4 is 0 Å². The van der Waals surface area contributed by atoms with Gasteiger partial charge in [0.1, 0.15) is 5.69 Å². The van der Waals surface area contributed by atoms with Crippen molar-refractivity contribution in [1.29, 1.82) is 0 Å². The topological polar surface area (TPSA) is 102 Å². The van der Waals surface area contributed by atoms with Crippen LogP contribution in [0.3, 0.4) is 0 Å². The SMILES string of the molecule is CC(C)S(=O)(=O)CCn1nnc(C(=O)O)c1C(F)F. The van der Waals surface area contributed by atoms with Crippen molar-refractivity contribution in [3.05, 3.63) is 11.4 Å². The molecule has 19 heavy (non-hydrogen) atoms. The lowest BCUT2D eigenvalue weighted by Gasteiger charge is -2.09. The number of alkyl halides is 2. The Labute approximate surface area is 108 Å². The molecule has 108 valence electrons. The van der Waals surface area contributed by atoms with Gasteiger partial charge in [-0.2, -0.15) is 0 Å². The molecule has 10 heteroatoms. The van der Waals surface area contributed by atoms with E-state index in [9.17, 15) is 22.0 Å². The van der Waals surface area contributed by atoms with Crippen molar-refractivity contribution in [1.82, 2.24) is 15.0 Å². The van der Waals surface area contributed by atoms with E-state index in [0.717, 1.165) is 0 Å². The molecule has 1 rings (SSSR count). The maximum absolute atomic E-state index is 12.7. The second-order valence-corrected chi connectivity index (χ2v) is 6.74. The quantitative estimate of drug-likeness (QED) is 0.830. The standard InChI is InChI=1S/C9H13F2N3O4S/c1-5(2)19(17,18)4-3-14-7(8(10)11)6(9(15)16)12-13-14/h5,8H,3-4H2,1-2H3,(H,15,16). The second kappa shape index (κ2) is 5.59. The number of aryl methyl sites for hydroxylation is 1. The monoisotopic (exact) mass is 297 g/mol. The predicted molar refractivity (Wildman–Crippen MR) is 60.9 cm³/mol. The van der Waals surface area contributed by atoms with E-state index >= 15 is 0 Å². The maximum Gasteiger partial charge on any atom is 0.358 e. The van der Waals surface area contributed by atoms with E-state index in [4.69, 9.17) is 5.11 Å². The smallest absolute Gasteiger partial charge is 0.358 e. The molecule has 0 aromatic carbocycles. The summed E-state index contributed by atoms with van der Waals surface area (Å²) in [5, 5.41) is 14.4. The van der Waals surface area contributed by atoms with Gasteiger partial charge in [0.25, 0.3) is 6.43 Å². The minimum Gasteiger partial charge on any atom is -0.476 e. The number of rotatable bonds is 6. The number of aromatic nitrogens is 3. The van der Waals surface area contributed by atoms with Crippen molar-refractivity contribution in [3.63, 3.8) is 0 Å². The van der Waals surface area contributed by atoms with Gasteiger partial charge in [0.2, 0.25) is 0 Å². The average molecular weight is 297 g/mol. The van der Waals surface area contributed by atoms with E-state index in [1.165, 1.54) is 13.8 Å². The van der Waals surface area contributed by atoms with Gasteiger partial charge in [-0.25, -0.2) is 26.7 Å². The van der Waals surface area contributed by atoms with E-state index in [2.05, 4.69) is 10.3 Å². The molecule has 0 aliphatic heterocycles. The summed E-state index contributed by atoms with van der Waals surface area (Å²) in [6.45, 7) is 2.57. The first kappa shape index (κ1) is 15.5. The Morgan fingerprint density at radius 3 is 2.42 bits per heavy atom. The van der Waals surface area contributed by atoms with Gasteiger partial charge in [-0.05, 0) is 13.8 Å². The fraction of sp³-hybridized carbons (Fsp3) is 0.667. The molecule has 0 saturated carbocycles. The van der Waals surface area contributed by atoms with Gasteiger partial charge < -0.3 is 5.11 Å². The first-order valence-electron chi connectivity index (χ1n) is 5.33. The highest BCUT2D eigenvalue weighted by molar-refractivity contribution is 7.91. The maximum atomic E-state index is 12.7. The van der Waals surface area contributed by atoms with Crippen molar-refractivity contribution in [3.8, 4) is 0 Å². The van der Waals surface area contributed by atoms with E-state index in [1.54, 1.807) is 0 Å².